The van der Waals surface area contributed by atoms with Crippen LogP contribution in [-0.2, 0) is 18.9 Å². The number of amides is 1. The number of hydrogen-bond acceptors (Lipinski definition) is 17. The van der Waals surface area contributed by atoms with Gasteiger partial charge in [0.05, 0.1) is 25.4 Å². The van der Waals surface area contributed by atoms with E-state index in [1.807, 2.05) is 30.3 Å². The molecule has 310 valence electrons. The third-order valence-electron chi connectivity index (χ3n) is 8.70. The molecule has 20 heteroatoms. The van der Waals surface area contributed by atoms with Gasteiger partial charge in [-0.2, -0.15) is 0 Å². The van der Waals surface area contributed by atoms with Crippen molar-refractivity contribution in [2.24, 2.45) is 0 Å². The van der Waals surface area contributed by atoms with E-state index in [1.54, 1.807) is 48.7 Å². The van der Waals surface area contributed by atoms with Crippen molar-refractivity contribution in [1.82, 2.24) is 4.98 Å². The summed E-state index contributed by atoms with van der Waals surface area (Å²) in [5.41, 5.74) is 1.34. The van der Waals surface area contributed by atoms with Crippen molar-refractivity contribution in [1.29, 1.82) is 0 Å². The topological polar surface area (TPSA) is 290 Å². The summed E-state index contributed by atoms with van der Waals surface area (Å²) in [6.45, 7) is -1.94. The Kier molecular flexibility index (Phi) is 17.3. The minimum atomic E-state index is -2.29. The highest BCUT2D eigenvalue weighted by atomic mass is 19.2. The first-order valence-electron chi connectivity index (χ1n) is 17.3. The van der Waals surface area contributed by atoms with Crippen molar-refractivity contribution in [3.05, 3.63) is 90.8 Å². The number of aliphatic hydroxyl groups is 10. The van der Waals surface area contributed by atoms with E-state index in [-0.39, 0.29) is 5.91 Å². The Balaban J connectivity index is 0.000000214. The monoisotopic (exact) mass is 800 g/mol. The lowest BCUT2D eigenvalue weighted by molar-refractivity contribution is -0.352. The largest absolute Gasteiger partial charge is 0.462 e. The molecule has 15 unspecified atom stereocenters. The lowest BCUT2D eigenvalue weighted by Crippen LogP contribution is -2.65. The Labute approximate surface area is 318 Å². The smallest absolute Gasteiger partial charge is 0.257 e. The quantitative estimate of drug-likeness (QED) is 0.109. The summed E-state index contributed by atoms with van der Waals surface area (Å²) >= 11 is 0. The van der Waals surface area contributed by atoms with Crippen molar-refractivity contribution in [3.8, 4) is 5.75 Å². The third-order valence-corrected chi connectivity index (χ3v) is 8.70. The van der Waals surface area contributed by atoms with Gasteiger partial charge in [-0.3, -0.25) is 9.78 Å². The molecule has 0 radical (unpaired) electrons. The normalized spacial score (nSPS) is 35.5. The molecule has 4 heterocycles. The summed E-state index contributed by atoms with van der Waals surface area (Å²) in [5.74, 6) is 0.225. The molecule has 0 aliphatic carbocycles. The Bertz CT molecular complexity index is 1570. The van der Waals surface area contributed by atoms with Crippen LogP contribution in [0.3, 0.4) is 0 Å². The predicted octanol–water partition coefficient (Wildman–Crippen LogP) is -2.24. The van der Waals surface area contributed by atoms with Gasteiger partial charge in [0.2, 0.25) is 12.6 Å². The first kappa shape index (κ1) is 44.9. The van der Waals surface area contributed by atoms with Crippen molar-refractivity contribution in [2.75, 3.05) is 25.1 Å². The van der Waals surface area contributed by atoms with E-state index in [0.717, 1.165) is 5.69 Å². The molecule has 2 aromatic carbocycles. The highest BCUT2D eigenvalue weighted by Crippen LogP contribution is 2.30. The van der Waals surface area contributed by atoms with Gasteiger partial charge in [-0.25, -0.2) is 8.78 Å². The maximum atomic E-state index is 12.5. The molecule has 0 spiro atoms. The highest BCUT2D eigenvalue weighted by Gasteiger charge is 2.51. The van der Waals surface area contributed by atoms with Crippen LogP contribution < -0.4 is 10.1 Å². The first-order chi connectivity index (χ1) is 26.8. The molecule has 3 fully saturated rings. The Morgan fingerprint density at radius 2 is 1.20 bits per heavy atom. The summed E-state index contributed by atoms with van der Waals surface area (Å²) in [5, 5.41) is 98.7. The average molecular weight is 801 g/mol. The number of para-hydroxylation sites is 2. The number of halogens is 2. The fourth-order valence-electron chi connectivity index (χ4n) is 5.54. The molecule has 11 N–H and O–H groups in total. The number of alkyl halides is 2. The van der Waals surface area contributed by atoms with Gasteiger partial charge in [0, 0.05) is 18.1 Å². The highest BCUT2D eigenvalue weighted by molar-refractivity contribution is 6.03. The van der Waals surface area contributed by atoms with E-state index < -0.39 is 112 Å². The number of carbonyl (C=O) groups excluding carboxylic acids is 1. The van der Waals surface area contributed by atoms with Crippen LogP contribution in [0.4, 0.5) is 14.5 Å². The summed E-state index contributed by atoms with van der Waals surface area (Å²) in [7, 11) is 0. The van der Waals surface area contributed by atoms with Gasteiger partial charge in [0.25, 0.3) is 5.91 Å². The lowest BCUT2D eigenvalue weighted by Gasteiger charge is -2.45. The van der Waals surface area contributed by atoms with Crippen LogP contribution >= 0.6 is 0 Å². The van der Waals surface area contributed by atoms with Crippen LogP contribution in [-0.4, -0.2) is 174 Å². The van der Waals surface area contributed by atoms with Crippen LogP contribution in [0.15, 0.2) is 85.2 Å². The van der Waals surface area contributed by atoms with Crippen LogP contribution in [0, 0.1) is 0 Å². The van der Waals surface area contributed by atoms with Gasteiger partial charge in [-0.15, -0.1) is 0 Å². The van der Waals surface area contributed by atoms with E-state index >= 15 is 0 Å². The zero-order valence-electron chi connectivity index (χ0n) is 29.5. The van der Waals surface area contributed by atoms with E-state index in [2.05, 4.69) is 15.0 Å². The molecule has 3 saturated heterocycles. The van der Waals surface area contributed by atoms with Crippen molar-refractivity contribution >= 4 is 11.6 Å². The summed E-state index contributed by atoms with van der Waals surface area (Å²) in [4.78, 5) is 15.5. The number of ether oxygens (including phenoxy) is 5. The molecule has 3 aliphatic heterocycles. The number of aromatic nitrogens is 1. The molecule has 1 amide bonds. The molecule has 6 rings (SSSR count). The van der Waals surface area contributed by atoms with Gasteiger partial charge in [-0.1, -0.05) is 36.4 Å². The minimum absolute atomic E-state index is 0.144. The maximum Gasteiger partial charge on any atom is 0.257 e. The molecular formula is C36H46F2N2O16. The number of hydrogen-bond donors (Lipinski definition) is 11. The molecule has 1 aromatic heterocycles. The number of pyridine rings is 1. The maximum absolute atomic E-state index is 12.5. The Morgan fingerprint density at radius 1 is 0.643 bits per heavy atom. The van der Waals surface area contributed by atoms with E-state index in [0.29, 0.717) is 11.3 Å². The van der Waals surface area contributed by atoms with E-state index in [1.165, 1.54) is 6.20 Å². The van der Waals surface area contributed by atoms with Crippen LogP contribution in [0.2, 0.25) is 0 Å². The van der Waals surface area contributed by atoms with Gasteiger partial charge in [0.15, 0.2) is 12.5 Å². The standard InChI is InChI=1S/C18H26O11.C12H10N2O.C6H10F2O4/c19-6-9-11(21)12(22)14(24)18(27-9)29-16-10(7-20)28-17(15(25)13(16)23)26-8-4-2-1-3-5-8;15-12(10-5-4-8-13-9-10)14-11-6-2-1-3-7-11;7-3-5(11)4(10)2(1-9)12-6(3)8/h1-5,9-25H,6-7H2;1-9H,(H,14,15);2-6,9-11H,1H2. The summed E-state index contributed by atoms with van der Waals surface area (Å²) < 4.78 is 51.0. The van der Waals surface area contributed by atoms with E-state index in [9.17, 15) is 49.3 Å². The molecule has 15 atom stereocenters. The van der Waals surface area contributed by atoms with Gasteiger partial charge < -0.3 is 80.1 Å². The van der Waals surface area contributed by atoms with Crippen molar-refractivity contribution < 1.29 is 88.3 Å². The molecule has 3 aliphatic rings. The second-order valence-corrected chi connectivity index (χ2v) is 12.6. The zero-order valence-corrected chi connectivity index (χ0v) is 29.5. The number of anilines is 1. The second kappa shape index (κ2) is 21.6. The Morgan fingerprint density at radius 3 is 1.79 bits per heavy atom. The fourth-order valence-corrected chi connectivity index (χ4v) is 5.54. The number of benzene rings is 2. The predicted molar refractivity (Wildman–Crippen MR) is 186 cm³/mol. The molecule has 56 heavy (non-hydrogen) atoms. The average Bonchev–Trinajstić information content (AvgIpc) is 3.22. The summed E-state index contributed by atoms with van der Waals surface area (Å²) in [6, 6.07) is 21.2. The number of rotatable bonds is 9. The van der Waals surface area contributed by atoms with Gasteiger partial charge in [0.1, 0.15) is 72.9 Å². The lowest BCUT2D eigenvalue weighted by atomic mass is 9.97. The van der Waals surface area contributed by atoms with Crippen molar-refractivity contribution in [3.63, 3.8) is 0 Å². The zero-order chi connectivity index (χ0) is 40.9. The Hall–Kier alpha value is -3.84. The first-order valence-corrected chi connectivity index (χ1v) is 17.3. The van der Waals surface area contributed by atoms with Crippen LogP contribution in [0.5, 0.6) is 5.75 Å². The van der Waals surface area contributed by atoms with Gasteiger partial charge in [-0.05, 0) is 36.4 Å². The molecule has 3 aromatic rings. The molecule has 18 nitrogen and oxygen atoms in total. The number of aliphatic hydroxyl groups excluding tert-OH is 10. The third kappa shape index (κ3) is 11.6. The van der Waals surface area contributed by atoms with Crippen LogP contribution in [0.25, 0.3) is 0 Å². The van der Waals surface area contributed by atoms with Gasteiger partial charge >= 0.3 is 0 Å². The summed E-state index contributed by atoms with van der Waals surface area (Å²) in [6.07, 6.45) is -20.9. The molecular weight excluding hydrogens is 754 g/mol. The molecule has 0 bridgehead atoms. The number of nitrogens with one attached hydrogen (secondary N) is 1. The van der Waals surface area contributed by atoms with E-state index in [4.69, 9.17) is 34.3 Å². The van der Waals surface area contributed by atoms with Crippen LogP contribution in [0.1, 0.15) is 10.4 Å². The molecule has 0 saturated carbocycles. The number of carbonyl (C=O) groups is 1. The van der Waals surface area contributed by atoms with Crippen molar-refractivity contribution in [2.45, 2.75) is 92.3 Å². The minimum Gasteiger partial charge on any atom is -0.462 e. The fraction of sp³-hybridized carbons (Fsp3) is 0.500. The SMILES string of the molecule is O=C(Nc1ccccc1)c1cccnc1.OCC1OC(F)C(F)C(O)C1O.OCC1OC(OC2C(CO)OC(Oc3ccccc3)C(O)C2O)C(O)C(O)C1O. The number of nitrogens with zero attached hydrogens (tertiary/aromatic N) is 1. The second-order valence-electron chi connectivity index (χ2n) is 12.6.